The van der Waals surface area contributed by atoms with Gasteiger partial charge in [-0.1, -0.05) is 0 Å². The van der Waals surface area contributed by atoms with Gasteiger partial charge >= 0.3 is 0 Å². The van der Waals surface area contributed by atoms with Crippen LogP contribution >= 0.6 is 0 Å². The highest BCUT2D eigenvalue weighted by atomic mass is 19.1. The number of nitro groups is 1. The third-order valence-electron chi connectivity index (χ3n) is 4.41. The fourth-order valence-corrected chi connectivity index (χ4v) is 3.00. The van der Waals surface area contributed by atoms with Crippen LogP contribution in [0.2, 0.25) is 0 Å². The first-order valence-corrected chi connectivity index (χ1v) is 8.77. The van der Waals surface area contributed by atoms with Crippen LogP contribution in [0.4, 0.5) is 14.5 Å². The quantitative estimate of drug-likeness (QED) is 0.276. The topological polar surface area (TPSA) is 98.1 Å². The zero-order valence-corrected chi connectivity index (χ0v) is 15.3. The van der Waals surface area contributed by atoms with Gasteiger partial charge in [-0.05, 0) is 30.3 Å². The van der Waals surface area contributed by atoms with Crippen LogP contribution in [0.5, 0.6) is 11.5 Å². The highest BCUT2D eigenvalue weighted by molar-refractivity contribution is 5.99. The molecule has 0 unspecified atom stereocenters. The van der Waals surface area contributed by atoms with Crippen LogP contribution in [0, 0.1) is 21.7 Å². The Morgan fingerprint density at radius 3 is 2.37 bits per heavy atom. The average Bonchev–Trinajstić information content (AvgIpc) is 3.09. The first kappa shape index (κ1) is 19.2. The van der Waals surface area contributed by atoms with E-state index >= 15 is 0 Å². The van der Waals surface area contributed by atoms with Crippen LogP contribution in [0.1, 0.15) is 16.1 Å². The number of carbonyl (C=O) groups is 1. The van der Waals surface area contributed by atoms with Crippen molar-refractivity contribution in [2.75, 3.05) is 0 Å². The number of non-ortho nitro benzene ring substituents is 1. The smallest absolute Gasteiger partial charge is 0.269 e. The number of nitro benzene ring substituents is 1. The number of nitrogens with one attached hydrogen (secondary N) is 1. The van der Waals surface area contributed by atoms with Gasteiger partial charge in [-0.2, -0.15) is 5.10 Å². The number of ketones is 1. The second-order valence-corrected chi connectivity index (χ2v) is 6.49. The van der Waals surface area contributed by atoms with Gasteiger partial charge in [0.1, 0.15) is 23.1 Å². The number of hydrogen-bond donors (Lipinski definition) is 1. The molecule has 1 heterocycles. The summed E-state index contributed by atoms with van der Waals surface area (Å²) in [5.74, 6) is -1.46. The first-order chi connectivity index (χ1) is 14.4. The molecule has 0 amide bonds. The second kappa shape index (κ2) is 7.70. The summed E-state index contributed by atoms with van der Waals surface area (Å²) in [6.45, 7) is 0. The normalized spacial score (nSPS) is 10.9. The number of benzene rings is 3. The van der Waals surface area contributed by atoms with Crippen LogP contribution in [-0.2, 0) is 6.42 Å². The molecule has 0 spiro atoms. The van der Waals surface area contributed by atoms with Crippen molar-refractivity contribution in [3.8, 4) is 11.5 Å². The lowest BCUT2D eigenvalue weighted by molar-refractivity contribution is -0.384. The Morgan fingerprint density at radius 1 is 1.00 bits per heavy atom. The van der Waals surface area contributed by atoms with Gasteiger partial charge in [-0.25, -0.2) is 8.78 Å². The molecule has 0 fully saturated rings. The van der Waals surface area contributed by atoms with E-state index in [1.165, 1.54) is 24.3 Å². The van der Waals surface area contributed by atoms with Crippen LogP contribution in [0.25, 0.3) is 10.9 Å². The summed E-state index contributed by atoms with van der Waals surface area (Å²) >= 11 is 0. The van der Waals surface area contributed by atoms with Crippen molar-refractivity contribution in [3.05, 3.63) is 93.7 Å². The van der Waals surface area contributed by atoms with Crippen molar-refractivity contribution in [2.24, 2.45) is 0 Å². The fourth-order valence-electron chi connectivity index (χ4n) is 3.00. The Bertz CT molecular complexity index is 1250. The zero-order chi connectivity index (χ0) is 21.3. The van der Waals surface area contributed by atoms with E-state index in [1.807, 2.05) is 0 Å². The molecule has 3 aromatic carbocycles. The number of carbonyl (C=O) groups excluding carboxylic acids is 1. The van der Waals surface area contributed by atoms with Crippen molar-refractivity contribution in [1.29, 1.82) is 0 Å². The molecule has 1 N–H and O–H groups in total. The molecule has 0 aliphatic carbocycles. The number of halogens is 2. The minimum Gasteiger partial charge on any atom is -0.457 e. The zero-order valence-electron chi connectivity index (χ0n) is 15.3. The Balaban J connectivity index is 1.58. The summed E-state index contributed by atoms with van der Waals surface area (Å²) in [6, 6.07) is 13.0. The van der Waals surface area contributed by atoms with Gasteiger partial charge in [-0.3, -0.25) is 20.0 Å². The number of hydrogen-bond acceptors (Lipinski definition) is 5. The molecule has 4 aromatic rings. The van der Waals surface area contributed by atoms with Gasteiger partial charge in [0.05, 0.1) is 22.6 Å². The maximum absolute atomic E-state index is 13.4. The molecule has 150 valence electrons. The van der Waals surface area contributed by atoms with E-state index in [4.69, 9.17) is 4.74 Å². The van der Waals surface area contributed by atoms with Crippen LogP contribution in [-0.4, -0.2) is 20.9 Å². The van der Waals surface area contributed by atoms with E-state index in [1.54, 1.807) is 18.2 Å². The lowest BCUT2D eigenvalue weighted by atomic mass is 10.0. The molecular weight excluding hydrogens is 396 g/mol. The van der Waals surface area contributed by atoms with Crippen LogP contribution in [0.3, 0.4) is 0 Å². The van der Waals surface area contributed by atoms with Gasteiger partial charge in [-0.15, -0.1) is 0 Å². The molecular formula is C21H13F2N3O4. The number of H-pyrrole nitrogens is 1. The molecule has 0 saturated carbocycles. The number of nitrogens with zero attached hydrogens (tertiary/aromatic N) is 2. The SMILES string of the molecule is O=C(Cc1[nH]nc2ccc(Oc3cc(F)cc(F)c3)cc12)c1ccc([N+](=O)[O-])cc1. The highest BCUT2D eigenvalue weighted by Gasteiger charge is 2.15. The first-order valence-electron chi connectivity index (χ1n) is 8.77. The molecule has 0 bridgehead atoms. The third kappa shape index (κ3) is 4.00. The fraction of sp³-hybridized carbons (Fsp3) is 0.0476. The maximum Gasteiger partial charge on any atom is 0.269 e. The molecule has 30 heavy (non-hydrogen) atoms. The molecule has 0 aliphatic rings. The van der Waals surface area contributed by atoms with Crippen molar-refractivity contribution < 1.29 is 23.2 Å². The minimum atomic E-state index is -0.760. The van der Waals surface area contributed by atoms with Crippen molar-refractivity contribution in [2.45, 2.75) is 6.42 Å². The van der Waals surface area contributed by atoms with E-state index in [2.05, 4.69) is 10.2 Å². The van der Waals surface area contributed by atoms with Gasteiger partial charge < -0.3 is 4.74 Å². The Labute approximate surface area is 168 Å². The number of rotatable bonds is 6. The summed E-state index contributed by atoms with van der Waals surface area (Å²) in [7, 11) is 0. The molecule has 9 heteroatoms. The van der Waals surface area contributed by atoms with Gasteiger partial charge in [0, 0.05) is 41.3 Å². The van der Waals surface area contributed by atoms with Crippen molar-refractivity contribution in [3.63, 3.8) is 0 Å². The molecule has 0 atom stereocenters. The average molecular weight is 409 g/mol. The monoisotopic (exact) mass is 409 g/mol. The Kier molecular flexibility index (Phi) is 4.93. The molecule has 1 aromatic heterocycles. The predicted molar refractivity (Wildman–Crippen MR) is 104 cm³/mol. The molecule has 7 nitrogen and oxygen atoms in total. The summed E-state index contributed by atoms with van der Waals surface area (Å²) < 4.78 is 32.3. The standard InChI is InChI=1S/C21H13F2N3O4/c22-13-7-14(23)9-17(8-13)30-16-5-6-19-18(10-16)20(25-24-19)11-21(27)12-1-3-15(4-2-12)26(28)29/h1-10H,11H2,(H,24,25). The third-order valence-corrected chi connectivity index (χ3v) is 4.41. The maximum atomic E-state index is 13.4. The van der Waals surface area contributed by atoms with Gasteiger partial charge in [0.2, 0.25) is 0 Å². The molecule has 0 radical (unpaired) electrons. The number of aromatic amines is 1. The van der Waals surface area contributed by atoms with E-state index in [0.717, 1.165) is 18.2 Å². The number of aromatic nitrogens is 2. The summed E-state index contributed by atoms with van der Waals surface area (Å²) in [5.41, 5.74) is 1.32. The Hall–Kier alpha value is -4.14. The summed E-state index contributed by atoms with van der Waals surface area (Å²) in [6.07, 6.45) is -0.0215. The molecule has 4 rings (SSSR count). The van der Waals surface area contributed by atoms with E-state index < -0.39 is 16.6 Å². The predicted octanol–water partition coefficient (Wildman–Crippen LogP) is 4.97. The summed E-state index contributed by atoms with van der Waals surface area (Å²) in [5, 5.41) is 18.3. The Morgan fingerprint density at radius 2 is 1.70 bits per heavy atom. The number of ether oxygens (including phenoxy) is 1. The van der Waals surface area contributed by atoms with Crippen LogP contribution in [0.15, 0.2) is 60.7 Å². The molecule has 0 aliphatic heterocycles. The van der Waals surface area contributed by atoms with Crippen molar-refractivity contribution in [1.82, 2.24) is 10.2 Å². The highest BCUT2D eigenvalue weighted by Crippen LogP contribution is 2.28. The largest absolute Gasteiger partial charge is 0.457 e. The van der Waals surface area contributed by atoms with E-state index in [9.17, 15) is 23.7 Å². The second-order valence-electron chi connectivity index (χ2n) is 6.49. The molecule has 0 saturated heterocycles. The number of fused-ring (bicyclic) bond motifs is 1. The minimum absolute atomic E-state index is 0.00106. The lowest BCUT2D eigenvalue weighted by Gasteiger charge is -2.06. The van der Waals surface area contributed by atoms with Gasteiger partial charge in [0.25, 0.3) is 5.69 Å². The lowest BCUT2D eigenvalue weighted by Crippen LogP contribution is -2.04. The van der Waals surface area contributed by atoms with E-state index in [-0.39, 0.29) is 23.6 Å². The van der Waals surface area contributed by atoms with Crippen LogP contribution < -0.4 is 4.74 Å². The van der Waals surface area contributed by atoms with E-state index in [0.29, 0.717) is 27.9 Å². The van der Waals surface area contributed by atoms with Crippen molar-refractivity contribution >= 4 is 22.4 Å². The summed E-state index contributed by atoms with van der Waals surface area (Å²) in [4.78, 5) is 22.8. The van der Waals surface area contributed by atoms with Gasteiger partial charge in [0.15, 0.2) is 5.78 Å². The number of Topliss-reactive ketones (excluding diaryl/α,β-unsaturated/α-hetero) is 1.